The van der Waals surface area contributed by atoms with Crippen LogP contribution in [0.1, 0.15) is 156 Å². The van der Waals surface area contributed by atoms with Crippen molar-refractivity contribution in [3.8, 4) is 0 Å². The van der Waals surface area contributed by atoms with E-state index >= 15 is 0 Å². The SMILES string of the molecule is CCCCCCC(C)CCC(=O)N(C)CCC[N+](C)(C)CCCNCCCCNCCC[N+](C)(C)CCCN(C)C(=O)CCC(C)CCCCCC.[Cl-].[Cl-]. The fourth-order valence-corrected chi connectivity index (χ4v) is 7.21. The first kappa shape index (κ1) is 57.7. The van der Waals surface area contributed by atoms with Crippen molar-refractivity contribution in [2.24, 2.45) is 11.8 Å². The molecule has 2 unspecified atom stereocenters. The largest absolute Gasteiger partial charge is 1.00 e. The molecule has 0 spiro atoms. The molecule has 0 aromatic carbocycles. The average molecular weight is 810 g/mol. The maximum Gasteiger partial charge on any atom is 0.222 e. The lowest BCUT2D eigenvalue weighted by atomic mass is 9.97. The van der Waals surface area contributed by atoms with Crippen molar-refractivity contribution >= 4 is 11.8 Å². The van der Waals surface area contributed by atoms with Gasteiger partial charge in [-0.15, -0.1) is 0 Å². The van der Waals surface area contributed by atoms with Gasteiger partial charge in [0.05, 0.1) is 54.4 Å². The molecule has 2 atom stereocenters. The molecule has 0 aliphatic heterocycles. The lowest BCUT2D eigenvalue weighted by molar-refractivity contribution is -0.890. The summed E-state index contributed by atoms with van der Waals surface area (Å²) in [4.78, 5) is 29.2. The van der Waals surface area contributed by atoms with Crippen LogP contribution in [0.15, 0.2) is 0 Å². The van der Waals surface area contributed by atoms with Gasteiger partial charge in [0.2, 0.25) is 11.8 Å². The molecule has 0 saturated carbocycles. The van der Waals surface area contributed by atoms with Crippen molar-refractivity contribution in [3.05, 3.63) is 0 Å². The van der Waals surface area contributed by atoms with E-state index in [9.17, 15) is 9.59 Å². The van der Waals surface area contributed by atoms with Crippen LogP contribution in [0.25, 0.3) is 0 Å². The highest BCUT2D eigenvalue weighted by Gasteiger charge is 2.18. The molecule has 54 heavy (non-hydrogen) atoms. The van der Waals surface area contributed by atoms with Crippen molar-refractivity contribution in [2.75, 3.05) is 108 Å². The minimum absolute atomic E-state index is 0. The van der Waals surface area contributed by atoms with Gasteiger partial charge in [-0.25, -0.2) is 0 Å². The molecular weight excluding hydrogens is 715 g/mol. The average Bonchev–Trinajstić information content (AvgIpc) is 3.09. The highest BCUT2D eigenvalue weighted by atomic mass is 35.5. The summed E-state index contributed by atoms with van der Waals surface area (Å²) in [5.74, 6) is 1.95. The summed E-state index contributed by atoms with van der Waals surface area (Å²) in [7, 11) is 13.3. The number of halogens is 2. The van der Waals surface area contributed by atoms with Crippen LogP contribution in [0.5, 0.6) is 0 Å². The van der Waals surface area contributed by atoms with E-state index in [2.05, 4.69) is 66.5 Å². The number of quaternary nitrogens is 2. The Labute approximate surface area is 350 Å². The molecule has 0 aromatic rings. The Morgan fingerprint density at radius 3 is 1.17 bits per heavy atom. The molecule has 0 bridgehead atoms. The lowest BCUT2D eigenvalue weighted by Crippen LogP contribution is -3.00. The number of carbonyl (C=O) groups excluding carboxylic acids is 2. The van der Waals surface area contributed by atoms with E-state index in [1.54, 1.807) is 0 Å². The van der Waals surface area contributed by atoms with Gasteiger partial charge in [-0.3, -0.25) is 9.59 Å². The molecule has 0 saturated heterocycles. The van der Waals surface area contributed by atoms with E-state index in [-0.39, 0.29) is 24.8 Å². The summed E-state index contributed by atoms with van der Waals surface area (Å²) < 4.78 is 2.04. The monoisotopic (exact) mass is 809 g/mol. The van der Waals surface area contributed by atoms with Crippen LogP contribution in [0.3, 0.4) is 0 Å². The van der Waals surface area contributed by atoms with Gasteiger partial charge in [-0.1, -0.05) is 91.9 Å². The molecule has 0 heterocycles. The minimum atomic E-state index is 0. The van der Waals surface area contributed by atoms with E-state index in [1.807, 2.05) is 23.9 Å². The summed E-state index contributed by atoms with van der Waals surface area (Å²) in [6.45, 7) is 19.8. The molecule has 0 aliphatic rings. The van der Waals surface area contributed by atoms with Gasteiger partial charge >= 0.3 is 0 Å². The van der Waals surface area contributed by atoms with Crippen LogP contribution in [0, 0.1) is 11.8 Å². The predicted molar refractivity (Wildman–Crippen MR) is 227 cm³/mol. The maximum absolute atomic E-state index is 12.6. The number of carbonyl (C=O) groups is 2. The number of nitrogens with one attached hydrogen (secondary N) is 2. The molecule has 2 N–H and O–H groups in total. The molecule has 2 amide bonds. The fourth-order valence-electron chi connectivity index (χ4n) is 7.21. The predicted octanol–water partition coefficient (Wildman–Crippen LogP) is 2.36. The maximum atomic E-state index is 12.6. The number of hydrogen-bond donors (Lipinski definition) is 2. The van der Waals surface area contributed by atoms with Gasteiger partial charge in [0.15, 0.2) is 0 Å². The van der Waals surface area contributed by atoms with Crippen LogP contribution >= 0.6 is 0 Å². The molecule has 326 valence electrons. The minimum Gasteiger partial charge on any atom is -1.00 e. The summed E-state index contributed by atoms with van der Waals surface area (Å²) >= 11 is 0. The number of unbranched alkanes of at least 4 members (excludes halogenated alkanes) is 7. The van der Waals surface area contributed by atoms with E-state index < -0.39 is 0 Å². The third-order valence-electron chi connectivity index (χ3n) is 11.4. The summed E-state index contributed by atoms with van der Waals surface area (Å²) in [6.07, 6.45) is 23.5. The summed E-state index contributed by atoms with van der Waals surface area (Å²) in [6, 6.07) is 0. The molecule has 0 radical (unpaired) electrons. The first-order valence-electron chi connectivity index (χ1n) is 22.3. The number of nitrogens with zero attached hydrogens (tertiary/aromatic N) is 4. The Bertz CT molecular complexity index is 795. The third-order valence-corrected chi connectivity index (χ3v) is 11.4. The number of rotatable bonds is 37. The quantitative estimate of drug-likeness (QED) is 0.0749. The van der Waals surface area contributed by atoms with Gasteiger partial charge in [0, 0.05) is 78.8 Å². The second-order valence-corrected chi connectivity index (χ2v) is 18.0. The summed E-state index contributed by atoms with van der Waals surface area (Å²) in [5, 5.41) is 7.30. The molecular formula is C44H94Cl2N6O2. The topological polar surface area (TPSA) is 64.7 Å². The van der Waals surface area contributed by atoms with Gasteiger partial charge in [0.1, 0.15) is 0 Å². The Hall–Kier alpha value is -0.640. The molecule has 0 fully saturated rings. The van der Waals surface area contributed by atoms with Crippen LogP contribution in [0.4, 0.5) is 0 Å². The number of hydrogen-bond acceptors (Lipinski definition) is 4. The van der Waals surface area contributed by atoms with E-state index in [4.69, 9.17) is 0 Å². The zero-order valence-electron chi connectivity index (χ0n) is 37.7. The zero-order chi connectivity index (χ0) is 39.1. The van der Waals surface area contributed by atoms with Crippen molar-refractivity contribution in [2.45, 2.75) is 156 Å². The standard InChI is InChI=1S/C44H94N6O2.2ClH/c1-11-13-15-17-25-41(3)27-29-43(51)47(5)35-23-39-49(7,8)37-21-33-45-31-19-20-32-46-34-22-38-50(9,10)40-24-36-48(6)44(52)30-28-42(4)26-18-16-14-12-2;;/h41-42,45-46H,11-40H2,1-10H3;2*1H/q+2;;/p-2. The third kappa shape index (κ3) is 35.8. The molecule has 10 heteroatoms. The second-order valence-electron chi connectivity index (χ2n) is 18.0. The Morgan fingerprint density at radius 2 is 0.815 bits per heavy atom. The van der Waals surface area contributed by atoms with Crippen molar-refractivity contribution < 1.29 is 43.4 Å². The van der Waals surface area contributed by atoms with Crippen LogP contribution in [0.2, 0.25) is 0 Å². The zero-order valence-corrected chi connectivity index (χ0v) is 39.2. The van der Waals surface area contributed by atoms with Crippen molar-refractivity contribution in [3.63, 3.8) is 0 Å². The smallest absolute Gasteiger partial charge is 0.222 e. The van der Waals surface area contributed by atoms with Crippen LogP contribution in [-0.4, -0.2) is 138 Å². The summed E-state index contributed by atoms with van der Waals surface area (Å²) in [5.41, 5.74) is 0. The van der Waals surface area contributed by atoms with Gasteiger partial charge < -0.3 is 54.2 Å². The van der Waals surface area contributed by atoms with Crippen molar-refractivity contribution in [1.82, 2.24) is 20.4 Å². The highest BCUT2D eigenvalue weighted by Crippen LogP contribution is 2.17. The van der Waals surface area contributed by atoms with E-state index in [0.717, 1.165) is 87.0 Å². The van der Waals surface area contributed by atoms with Crippen molar-refractivity contribution in [1.29, 1.82) is 0 Å². The van der Waals surface area contributed by atoms with Gasteiger partial charge in [-0.05, 0) is 50.6 Å². The molecule has 8 nitrogen and oxygen atoms in total. The fraction of sp³-hybridized carbons (Fsp3) is 0.955. The van der Waals surface area contributed by atoms with Gasteiger partial charge in [-0.2, -0.15) is 0 Å². The van der Waals surface area contributed by atoms with E-state index in [0.29, 0.717) is 36.5 Å². The van der Waals surface area contributed by atoms with E-state index in [1.165, 1.54) is 103 Å². The number of amides is 2. The Balaban J connectivity index is -0.0000130. The molecule has 0 rings (SSSR count). The normalized spacial score (nSPS) is 12.9. The first-order valence-corrected chi connectivity index (χ1v) is 22.3. The van der Waals surface area contributed by atoms with Crippen LogP contribution in [-0.2, 0) is 9.59 Å². The molecule has 0 aliphatic carbocycles. The Kier molecular flexibility index (Phi) is 39.2. The van der Waals surface area contributed by atoms with Gasteiger partial charge in [0.25, 0.3) is 0 Å². The lowest BCUT2D eigenvalue weighted by Gasteiger charge is -2.31. The highest BCUT2D eigenvalue weighted by molar-refractivity contribution is 5.76. The van der Waals surface area contributed by atoms with Crippen LogP contribution < -0.4 is 35.4 Å². The Morgan fingerprint density at radius 1 is 0.481 bits per heavy atom. The first-order chi connectivity index (χ1) is 24.7. The second kappa shape index (κ2) is 36.7. The molecule has 0 aromatic heterocycles.